The van der Waals surface area contributed by atoms with Gasteiger partial charge in [-0.3, -0.25) is 4.99 Å². The minimum Gasteiger partial charge on any atom is -0.496 e. The van der Waals surface area contributed by atoms with E-state index in [4.69, 9.17) is 4.74 Å². The molecule has 2 aromatic rings. The molecule has 0 heterocycles. The van der Waals surface area contributed by atoms with Crippen LogP contribution in [0.15, 0.2) is 47.5 Å². The molecular weight excluding hydrogens is 345 g/mol. The smallest absolute Gasteiger partial charge is 0.191 e. The molecule has 2 rings (SSSR count). The first-order valence-electron chi connectivity index (χ1n) is 9.08. The number of aliphatic imine (C=N–C) groups is 1. The zero-order valence-electron chi connectivity index (χ0n) is 16.3. The molecule has 146 valence electrons. The summed E-state index contributed by atoms with van der Waals surface area (Å²) in [7, 11) is 1.64. The van der Waals surface area contributed by atoms with Gasteiger partial charge in [0.05, 0.1) is 19.7 Å². The van der Waals surface area contributed by atoms with Crippen molar-refractivity contribution in [2.75, 3.05) is 20.2 Å². The molecule has 6 heteroatoms. The Morgan fingerprint density at radius 2 is 1.96 bits per heavy atom. The normalized spacial score (nSPS) is 13.8. The summed E-state index contributed by atoms with van der Waals surface area (Å²) in [5, 5.41) is 16.7. The van der Waals surface area contributed by atoms with Gasteiger partial charge in [0.25, 0.3) is 0 Å². The molecule has 0 fully saturated rings. The van der Waals surface area contributed by atoms with Gasteiger partial charge in [-0.2, -0.15) is 0 Å². The summed E-state index contributed by atoms with van der Waals surface area (Å²) >= 11 is 0. The molecule has 0 saturated carbocycles. The van der Waals surface area contributed by atoms with E-state index in [1.807, 2.05) is 32.9 Å². The van der Waals surface area contributed by atoms with Crippen LogP contribution in [0.5, 0.6) is 5.75 Å². The molecule has 0 spiro atoms. The molecule has 0 aliphatic rings. The van der Waals surface area contributed by atoms with Crippen LogP contribution >= 0.6 is 0 Å². The summed E-state index contributed by atoms with van der Waals surface area (Å²) in [6.07, 6.45) is -1.01. The highest BCUT2D eigenvalue weighted by Crippen LogP contribution is 2.26. The first-order valence-corrected chi connectivity index (χ1v) is 9.08. The number of aryl methyl sites for hydroxylation is 1. The van der Waals surface area contributed by atoms with Crippen LogP contribution < -0.4 is 15.4 Å². The molecule has 0 aromatic heterocycles. The van der Waals surface area contributed by atoms with Crippen LogP contribution in [0.25, 0.3) is 0 Å². The molecular formula is C21H28FN3O2. The summed E-state index contributed by atoms with van der Waals surface area (Å²) in [5.74, 6) is 0.905. The number of hydrogen-bond acceptors (Lipinski definition) is 3. The number of methoxy groups -OCH3 is 1. The van der Waals surface area contributed by atoms with Crippen molar-refractivity contribution in [3.05, 3.63) is 65.0 Å². The molecule has 5 nitrogen and oxygen atoms in total. The predicted octanol–water partition coefficient (Wildman–Crippen LogP) is 3.49. The maximum atomic E-state index is 13.8. The van der Waals surface area contributed by atoms with Crippen LogP contribution in [0, 0.1) is 12.7 Å². The van der Waals surface area contributed by atoms with Crippen LogP contribution in [0.4, 0.5) is 4.39 Å². The van der Waals surface area contributed by atoms with E-state index in [2.05, 4.69) is 21.7 Å². The number of benzene rings is 2. The van der Waals surface area contributed by atoms with Crippen molar-refractivity contribution in [2.24, 2.45) is 4.99 Å². The summed E-state index contributed by atoms with van der Waals surface area (Å²) in [5.41, 5.74) is 2.39. The van der Waals surface area contributed by atoms with Crippen molar-refractivity contribution < 1.29 is 14.2 Å². The van der Waals surface area contributed by atoms with Gasteiger partial charge in [-0.15, -0.1) is 0 Å². The fourth-order valence-electron chi connectivity index (χ4n) is 2.82. The van der Waals surface area contributed by atoms with Gasteiger partial charge in [0.15, 0.2) is 5.96 Å². The third kappa shape index (κ3) is 5.69. The van der Waals surface area contributed by atoms with Crippen molar-refractivity contribution in [2.45, 2.75) is 32.9 Å². The van der Waals surface area contributed by atoms with E-state index in [1.165, 1.54) is 6.07 Å². The summed E-state index contributed by atoms with van der Waals surface area (Å²) in [4.78, 5) is 4.41. The number of aliphatic hydroxyl groups is 1. The zero-order chi connectivity index (χ0) is 19.8. The summed E-state index contributed by atoms with van der Waals surface area (Å²) in [6.45, 7) is 6.72. The third-order valence-electron chi connectivity index (χ3n) is 4.24. The second-order valence-electron chi connectivity index (χ2n) is 6.37. The Balaban J connectivity index is 2.13. The maximum Gasteiger partial charge on any atom is 0.191 e. The highest BCUT2D eigenvalue weighted by atomic mass is 19.1. The molecule has 0 saturated heterocycles. The van der Waals surface area contributed by atoms with Gasteiger partial charge in [-0.1, -0.05) is 35.9 Å². The lowest BCUT2D eigenvalue weighted by atomic mass is 10.0. The van der Waals surface area contributed by atoms with E-state index >= 15 is 0 Å². The Hall–Kier alpha value is -2.60. The van der Waals surface area contributed by atoms with E-state index in [9.17, 15) is 9.50 Å². The molecule has 2 atom stereocenters. The van der Waals surface area contributed by atoms with Gasteiger partial charge < -0.3 is 20.5 Å². The average Bonchev–Trinajstić information content (AvgIpc) is 2.66. The van der Waals surface area contributed by atoms with Crippen molar-refractivity contribution >= 4 is 5.96 Å². The Labute approximate surface area is 160 Å². The van der Waals surface area contributed by atoms with Gasteiger partial charge in [0.1, 0.15) is 17.7 Å². The molecule has 2 aromatic carbocycles. The van der Waals surface area contributed by atoms with E-state index < -0.39 is 11.9 Å². The number of ether oxygens (including phenoxy) is 1. The van der Waals surface area contributed by atoms with Gasteiger partial charge in [0, 0.05) is 17.7 Å². The number of halogens is 1. The van der Waals surface area contributed by atoms with E-state index in [1.54, 1.807) is 25.3 Å². The zero-order valence-corrected chi connectivity index (χ0v) is 16.3. The fourth-order valence-corrected chi connectivity index (χ4v) is 2.82. The van der Waals surface area contributed by atoms with Crippen molar-refractivity contribution in [3.8, 4) is 5.75 Å². The number of hydrogen-bond donors (Lipinski definition) is 3. The van der Waals surface area contributed by atoms with Gasteiger partial charge in [0.2, 0.25) is 0 Å². The molecule has 0 bridgehead atoms. The van der Waals surface area contributed by atoms with Crippen molar-refractivity contribution in [1.82, 2.24) is 10.6 Å². The van der Waals surface area contributed by atoms with E-state index in [0.717, 1.165) is 16.9 Å². The molecule has 0 amide bonds. The largest absolute Gasteiger partial charge is 0.496 e. The first kappa shape index (κ1) is 20.7. The predicted molar refractivity (Wildman–Crippen MR) is 107 cm³/mol. The Morgan fingerprint density at radius 3 is 2.63 bits per heavy atom. The van der Waals surface area contributed by atoms with Gasteiger partial charge in [-0.25, -0.2) is 4.39 Å². The van der Waals surface area contributed by atoms with Crippen LogP contribution in [0.1, 0.15) is 42.7 Å². The van der Waals surface area contributed by atoms with Gasteiger partial charge in [-0.05, 0) is 32.9 Å². The average molecular weight is 373 g/mol. The first-order chi connectivity index (χ1) is 13.0. The lowest BCUT2D eigenvalue weighted by molar-refractivity contribution is 0.182. The highest BCUT2D eigenvalue weighted by Gasteiger charge is 2.15. The molecule has 0 aliphatic carbocycles. The lowest BCUT2D eigenvalue weighted by Gasteiger charge is -2.21. The second-order valence-corrected chi connectivity index (χ2v) is 6.37. The summed E-state index contributed by atoms with van der Waals surface area (Å²) < 4.78 is 19.3. The summed E-state index contributed by atoms with van der Waals surface area (Å²) in [6, 6.07) is 12.1. The fraction of sp³-hybridized carbons (Fsp3) is 0.381. The topological polar surface area (TPSA) is 65.9 Å². The standard InChI is InChI=1S/C21H28FN3O2/c1-5-23-21(24-13-19(26)16-8-6-7-9-18(16)22)25-15(3)17-12-14(2)10-11-20(17)27-4/h6-12,15,19,26H,5,13H2,1-4H3,(H2,23,24,25). The molecule has 0 radical (unpaired) electrons. The quantitative estimate of drug-likeness (QED) is 0.513. The van der Waals surface area contributed by atoms with Crippen LogP contribution in [-0.4, -0.2) is 31.3 Å². The monoisotopic (exact) mass is 373 g/mol. The molecule has 27 heavy (non-hydrogen) atoms. The van der Waals surface area contributed by atoms with Crippen LogP contribution in [-0.2, 0) is 0 Å². The third-order valence-corrected chi connectivity index (χ3v) is 4.24. The number of nitrogens with one attached hydrogen (secondary N) is 2. The lowest BCUT2D eigenvalue weighted by Crippen LogP contribution is -2.39. The number of rotatable bonds is 7. The maximum absolute atomic E-state index is 13.8. The minimum absolute atomic E-state index is 0.0495. The Morgan fingerprint density at radius 1 is 1.22 bits per heavy atom. The Kier molecular flexibility index (Phi) is 7.61. The number of aliphatic hydroxyl groups excluding tert-OH is 1. The van der Waals surface area contributed by atoms with E-state index in [0.29, 0.717) is 12.5 Å². The molecule has 0 aliphatic heterocycles. The number of guanidine groups is 1. The molecule has 2 unspecified atom stereocenters. The van der Waals surface area contributed by atoms with E-state index in [-0.39, 0.29) is 18.2 Å². The highest BCUT2D eigenvalue weighted by molar-refractivity contribution is 5.80. The van der Waals surface area contributed by atoms with Crippen molar-refractivity contribution in [3.63, 3.8) is 0 Å². The van der Waals surface area contributed by atoms with Crippen LogP contribution in [0.2, 0.25) is 0 Å². The number of nitrogens with zero attached hydrogens (tertiary/aromatic N) is 1. The second kappa shape index (κ2) is 9.92. The van der Waals surface area contributed by atoms with Crippen LogP contribution in [0.3, 0.4) is 0 Å². The molecule has 3 N–H and O–H groups in total. The van der Waals surface area contributed by atoms with Gasteiger partial charge >= 0.3 is 0 Å². The SMILES string of the molecule is CCNC(=NCC(O)c1ccccc1F)NC(C)c1cc(C)ccc1OC. The van der Waals surface area contributed by atoms with Crippen molar-refractivity contribution in [1.29, 1.82) is 0 Å². The Bertz CT molecular complexity index is 780. The minimum atomic E-state index is -1.01.